The summed E-state index contributed by atoms with van der Waals surface area (Å²) in [5.74, 6) is 0.101. The van der Waals surface area contributed by atoms with Gasteiger partial charge in [-0.1, -0.05) is 23.9 Å². The van der Waals surface area contributed by atoms with Crippen molar-refractivity contribution in [2.75, 3.05) is 7.11 Å². The summed E-state index contributed by atoms with van der Waals surface area (Å²) in [6.07, 6.45) is 1.28. The second-order valence-corrected chi connectivity index (χ2v) is 8.09. The number of hydrogen-bond donors (Lipinski definition) is 2. The van der Waals surface area contributed by atoms with Crippen molar-refractivity contribution >= 4 is 35.0 Å². The van der Waals surface area contributed by atoms with Crippen LogP contribution in [0.25, 0.3) is 0 Å². The van der Waals surface area contributed by atoms with Crippen LogP contribution in [0.4, 0.5) is 0 Å². The SMILES string of the molecule is COc1ccc(C=NN=C2NC(=O)C(CC(=O)O)S2)cc1COc1cccc(C)c1C. The molecule has 0 bridgehead atoms. The molecule has 9 heteroatoms. The number of amides is 1. The molecule has 2 aromatic rings. The lowest BCUT2D eigenvalue weighted by atomic mass is 10.1. The molecule has 1 amide bonds. The molecule has 0 spiro atoms. The van der Waals surface area contributed by atoms with Gasteiger partial charge in [0.2, 0.25) is 5.91 Å². The van der Waals surface area contributed by atoms with Crippen LogP contribution in [-0.2, 0) is 16.2 Å². The first kappa shape index (κ1) is 22.4. The average Bonchev–Trinajstić information content (AvgIpc) is 3.07. The fraction of sp³-hybridized carbons (Fsp3) is 0.273. The van der Waals surface area contributed by atoms with Crippen LogP contribution in [0.3, 0.4) is 0 Å². The van der Waals surface area contributed by atoms with Crippen molar-refractivity contribution in [1.82, 2.24) is 5.32 Å². The molecule has 2 N–H and O–H groups in total. The number of rotatable bonds is 8. The Morgan fingerprint density at radius 3 is 2.81 bits per heavy atom. The van der Waals surface area contributed by atoms with E-state index in [-0.39, 0.29) is 17.5 Å². The smallest absolute Gasteiger partial charge is 0.305 e. The first-order valence-corrected chi connectivity index (χ1v) is 10.4. The number of carbonyl (C=O) groups is 2. The first-order chi connectivity index (χ1) is 14.9. The second-order valence-electron chi connectivity index (χ2n) is 6.90. The number of aliphatic carboxylic acids is 1. The van der Waals surface area contributed by atoms with E-state index in [4.69, 9.17) is 14.6 Å². The van der Waals surface area contributed by atoms with E-state index in [1.54, 1.807) is 13.3 Å². The maximum Gasteiger partial charge on any atom is 0.305 e. The molecule has 1 saturated heterocycles. The molecule has 1 atom stereocenters. The number of carboxylic acids is 1. The van der Waals surface area contributed by atoms with Gasteiger partial charge in [0, 0.05) is 5.56 Å². The number of carbonyl (C=O) groups excluding carboxylic acids is 1. The van der Waals surface area contributed by atoms with Crippen LogP contribution in [-0.4, -0.2) is 40.7 Å². The lowest BCUT2D eigenvalue weighted by Gasteiger charge is -2.13. The van der Waals surface area contributed by atoms with Gasteiger partial charge in [0.1, 0.15) is 23.4 Å². The molecule has 162 valence electrons. The third-order valence-electron chi connectivity index (χ3n) is 4.73. The van der Waals surface area contributed by atoms with Gasteiger partial charge in [0.25, 0.3) is 0 Å². The molecular formula is C22H23N3O5S. The molecule has 8 nitrogen and oxygen atoms in total. The van der Waals surface area contributed by atoms with Crippen molar-refractivity contribution < 1.29 is 24.2 Å². The summed E-state index contributed by atoms with van der Waals surface area (Å²) >= 11 is 1.05. The molecule has 1 fully saturated rings. The molecular weight excluding hydrogens is 418 g/mol. The molecule has 0 aromatic heterocycles. The minimum atomic E-state index is -1.04. The molecule has 1 unspecified atom stereocenters. The highest BCUT2D eigenvalue weighted by atomic mass is 32.2. The standard InChI is InChI=1S/C22H23N3O5S/c1-13-5-4-6-17(14(13)2)30-12-16-9-15(7-8-18(16)29-3)11-23-25-22-24-21(28)19(31-22)10-20(26)27/h4-9,11,19H,10,12H2,1-3H3,(H,26,27)(H,24,25,28). The van der Waals surface area contributed by atoms with Gasteiger partial charge in [-0.2, -0.15) is 5.10 Å². The van der Waals surface area contributed by atoms with Gasteiger partial charge >= 0.3 is 5.97 Å². The highest BCUT2D eigenvalue weighted by molar-refractivity contribution is 8.15. The van der Waals surface area contributed by atoms with Gasteiger partial charge in [-0.05, 0) is 54.8 Å². The van der Waals surface area contributed by atoms with Gasteiger partial charge < -0.3 is 19.9 Å². The lowest BCUT2D eigenvalue weighted by Crippen LogP contribution is -2.26. The van der Waals surface area contributed by atoms with E-state index in [9.17, 15) is 9.59 Å². The van der Waals surface area contributed by atoms with Gasteiger partial charge in [-0.15, -0.1) is 5.10 Å². The molecule has 0 radical (unpaired) electrons. The number of aryl methyl sites for hydroxylation is 1. The predicted octanol–water partition coefficient (Wildman–Crippen LogP) is 3.29. The van der Waals surface area contributed by atoms with Crippen molar-refractivity contribution in [3.8, 4) is 11.5 Å². The van der Waals surface area contributed by atoms with Crippen LogP contribution < -0.4 is 14.8 Å². The van der Waals surface area contributed by atoms with E-state index in [0.717, 1.165) is 39.8 Å². The zero-order valence-electron chi connectivity index (χ0n) is 17.4. The predicted molar refractivity (Wildman–Crippen MR) is 120 cm³/mol. The van der Waals surface area contributed by atoms with Crippen LogP contribution in [0.15, 0.2) is 46.6 Å². The Labute approximate surface area is 184 Å². The van der Waals surface area contributed by atoms with Gasteiger partial charge in [-0.3, -0.25) is 9.59 Å². The highest BCUT2D eigenvalue weighted by Gasteiger charge is 2.32. The van der Waals surface area contributed by atoms with Crippen LogP contribution in [0, 0.1) is 13.8 Å². The number of ether oxygens (including phenoxy) is 2. The Hall–Kier alpha value is -3.33. The molecule has 3 rings (SSSR count). The van der Waals surface area contributed by atoms with Crippen molar-refractivity contribution in [2.45, 2.75) is 32.1 Å². The molecule has 1 heterocycles. The highest BCUT2D eigenvalue weighted by Crippen LogP contribution is 2.25. The normalized spacial score (nSPS) is 17.2. The molecule has 0 saturated carbocycles. The number of hydrogen-bond acceptors (Lipinski definition) is 7. The Morgan fingerprint density at radius 2 is 2.06 bits per heavy atom. The summed E-state index contributed by atoms with van der Waals surface area (Å²) in [6, 6.07) is 11.5. The number of thioether (sulfide) groups is 1. The molecule has 1 aliphatic rings. The number of methoxy groups -OCH3 is 1. The number of nitrogens with one attached hydrogen (secondary N) is 1. The average molecular weight is 442 g/mol. The Balaban J connectivity index is 1.69. The van der Waals surface area contributed by atoms with E-state index in [1.165, 1.54) is 0 Å². The summed E-state index contributed by atoms with van der Waals surface area (Å²) in [5.41, 5.74) is 3.88. The quantitative estimate of drug-likeness (QED) is 0.481. The van der Waals surface area contributed by atoms with Crippen molar-refractivity contribution in [3.63, 3.8) is 0 Å². The molecule has 0 aliphatic carbocycles. The topological polar surface area (TPSA) is 110 Å². The maximum atomic E-state index is 11.7. The molecule has 2 aromatic carbocycles. The van der Waals surface area contributed by atoms with Crippen LogP contribution >= 0.6 is 11.8 Å². The fourth-order valence-electron chi connectivity index (χ4n) is 2.92. The Kier molecular flexibility index (Phi) is 7.30. The van der Waals surface area contributed by atoms with E-state index < -0.39 is 11.2 Å². The minimum absolute atomic E-state index is 0.262. The fourth-order valence-corrected chi connectivity index (χ4v) is 3.84. The van der Waals surface area contributed by atoms with Crippen molar-refractivity contribution in [2.24, 2.45) is 10.2 Å². The van der Waals surface area contributed by atoms with E-state index in [2.05, 4.69) is 15.5 Å². The van der Waals surface area contributed by atoms with Crippen molar-refractivity contribution in [1.29, 1.82) is 0 Å². The maximum absolute atomic E-state index is 11.7. The molecule has 31 heavy (non-hydrogen) atoms. The minimum Gasteiger partial charge on any atom is -0.496 e. The first-order valence-electron chi connectivity index (χ1n) is 9.53. The summed E-state index contributed by atoms with van der Waals surface area (Å²) in [5, 5.41) is 18.9. The van der Waals surface area contributed by atoms with Gasteiger partial charge in [0.15, 0.2) is 5.17 Å². The summed E-state index contributed by atoms with van der Waals surface area (Å²) < 4.78 is 11.4. The summed E-state index contributed by atoms with van der Waals surface area (Å²) in [6.45, 7) is 4.38. The second kappa shape index (κ2) is 10.1. The summed E-state index contributed by atoms with van der Waals surface area (Å²) in [4.78, 5) is 22.5. The van der Waals surface area contributed by atoms with E-state index >= 15 is 0 Å². The number of carboxylic acid groups (broad SMARTS) is 1. The number of nitrogens with zero attached hydrogens (tertiary/aromatic N) is 2. The number of amidine groups is 1. The third kappa shape index (κ3) is 5.85. The zero-order chi connectivity index (χ0) is 22.4. The Bertz CT molecular complexity index is 1050. The van der Waals surface area contributed by atoms with Gasteiger partial charge in [0.05, 0.1) is 19.7 Å². The van der Waals surface area contributed by atoms with Crippen LogP contribution in [0.5, 0.6) is 11.5 Å². The van der Waals surface area contributed by atoms with Crippen molar-refractivity contribution in [3.05, 3.63) is 58.7 Å². The molecule has 1 aliphatic heterocycles. The Morgan fingerprint density at radius 1 is 1.26 bits per heavy atom. The van der Waals surface area contributed by atoms with E-state index in [1.807, 2.05) is 50.2 Å². The lowest BCUT2D eigenvalue weighted by molar-refractivity contribution is -0.138. The van der Waals surface area contributed by atoms with Crippen LogP contribution in [0.2, 0.25) is 0 Å². The monoisotopic (exact) mass is 441 g/mol. The van der Waals surface area contributed by atoms with E-state index in [0.29, 0.717) is 12.4 Å². The van der Waals surface area contributed by atoms with Crippen LogP contribution in [0.1, 0.15) is 28.7 Å². The number of benzene rings is 2. The zero-order valence-corrected chi connectivity index (χ0v) is 18.2. The summed E-state index contributed by atoms with van der Waals surface area (Å²) in [7, 11) is 1.60. The third-order valence-corrected chi connectivity index (χ3v) is 5.81. The largest absolute Gasteiger partial charge is 0.496 e. The van der Waals surface area contributed by atoms with Gasteiger partial charge in [-0.25, -0.2) is 0 Å².